The second-order valence-corrected chi connectivity index (χ2v) is 2.66. The molecule has 2 heteroatoms. The topological polar surface area (TPSA) is 27.0 Å². The van der Waals surface area contributed by atoms with Gasteiger partial charge in [0.25, 0.3) is 0 Å². The van der Waals surface area contributed by atoms with E-state index < -0.39 is 0 Å². The van der Waals surface area contributed by atoms with Gasteiger partial charge in [-0.2, -0.15) is 5.26 Å². The fourth-order valence-corrected chi connectivity index (χ4v) is 1.24. The second-order valence-electron chi connectivity index (χ2n) is 2.66. The van der Waals surface area contributed by atoms with Crippen molar-refractivity contribution in [3.05, 3.63) is 0 Å². The van der Waals surface area contributed by atoms with E-state index >= 15 is 0 Å². The molecule has 1 heterocycles. The van der Waals surface area contributed by atoms with Crippen LogP contribution >= 0.6 is 0 Å². The number of nitriles is 1. The molecule has 0 atom stereocenters. The fourth-order valence-electron chi connectivity index (χ4n) is 1.24. The normalized spacial score (nSPS) is 18.9. The molecule has 0 aromatic heterocycles. The number of hydrogen-bond acceptors (Lipinski definition) is 2. The minimum Gasteiger partial charge on any atom is -0.310 e. The lowest BCUT2D eigenvalue weighted by atomic mass is 9.96. The molecule has 0 saturated carbocycles. The Morgan fingerprint density at radius 1 is 1.67 bits per heavy atom. The number of likely N-dealkylation sites (tertiary alicyclic amines) is 1. The summed E-state index contributed by atoms with van der Waals surface area (Å²) in [5.41, 5.74) is 0. The predicted molar refractivity (Wildman–Crippen MR) is 35.6 cm³/mol. The lowest BCUT2D eigenvalue weighted by Gasteiger charge is -2.34. The molecule has 0 aromatic carbocycles. The summed E-state index contributed by atoms with van der Waals surface area (Å²) in [4.78, 5) is 1.81. The Balaban J connectivity index is 2.06. The Bertz CT molecular complexity index is 119. The van der Waals surface area contributed by atoms with Gasteiger partial charge in [0.15, 0.2) is 6.19 Å². The van der Waals surface area contributed by atoms with Crippen molar-refractivity contribution in [3.8, 4) is 6.19 Å². The molecule has 0 bridgehead atoms. The van der Waals surface area contributed by atoms with Gasteiger partial charge in [0, 0.05) is 13.1 Å². The summed E-state index contributed by atoms with van der Waals surface area (Å²) in [6, 6.07) is 0. The third kappa shape index (κ3) is 1.35. The van der Waals surface area contributed by atoms with Gasteiger partial charge in [-0.3, -0.25) is 0 Å². The van der Waals surface area contributed by atoms with Crippen molar-refractivity contribution in [2.75, 3.05) is 13.1 Å². The highest BCUT2D eigenvalue weighted by atomic mass is 15.2. The van der Waals surface area contributed by atoms with Crippen LogP contribution in [0.2, 0.25) is 0 Å². The van der Waals surface area contributed by atoms with Gasteiger partial charge in [0.05, 0.1) is 0 Å². The lowest BCUT2D eigenvalue weighted by Crippen LogP contribution is -2.42. The standard InChI is InChI=1S/C7H12N2/c1-2-3-7-4-9(5-7)6-8/h7H,2-5H2,1H3. The van der Waals surface area contributed by atoms with Crippen LogP contribution in [-0.2, 0) is 0 Å². The summed E-state index contributed by atoms with van der Waals surface area (Å²) in [7, 11) is 0. The van der Waals surface area contributed by atoms with Crippen LogP contribution in [0.1, 0.15) is 19.8 Å². The van der Waals surface area contributed by atoms with Crippen molar-refractivity contribution < 1.29 is 0 Å². The van der Waals surface area contributed by atoms with Gasteiger partial charge in [0.1, 0.15) is 0 Å². The Kier molecular flexibility index (Phi) is 1.94. The second kappa shape index (κ2) is 2.72. The number of hydrogen-bond donors (Lipinski definition) is 0. The molecule has 0 aliphatic carbocycles. The quantitative estimate of drug-likeness (QED) is 0.517. The predicted octanol–water partition coefficient (Wildman–Crippen LogP) is 1.20. The van der Waals surface area contributed by atoms with Crippen molar-refractivity contribution in [1.29, 1.82) is 5.26 Å². The molecule has 1 saturated heterocycles. The van der Waals surface area contributed by atoms with Crippen molar-refractivity contribution >= 4 is 0 Å². The molecule has 1 aliphatic rings. The SMILES string of the molecule is CCCC1CN(C#N)C1. The highest BCUT2D eigenvalue weighted by molar-refractivity contribution is 4.87. The summed E-state index contributed by atoms with van der Waals surface area (Å²) in [6.45, 7) is 4.20. The van der Waals surface area contributed by atoms with Crippen molar-refractivity contribution in [3.63, 3.8) is 0 Å². The highest BCUT2D eigenvalue weighted by Gasteiger charge is 2.23. The van der Waals surface area contributed by atoms with E-state index in [0.717, 1.165) is 19.0 Å². The van der Waals surface area contributed by atoms with Gasteiger partial charge in [0.2, 0.25) is 0 Å². The maximum atomic E-state index is 8.35. The third-order valence-corrected chi connectivity index (χ3v) is 1.80. The monoisotopic (exact) mass is 124 g/mol. The average Bonchev–Trinajstić information content (AvgIpc) is 1.77. The van der Waals surface area contributed by atoms with E-state index in [9.17, 15) is 0 Å². The first-order valence-electron chi connectivity index (χ1n) is 3.51. The van der Waals surface area contributed by atoms with Gasteiger partial charge in [-0.05, 0) is 12.3 Å². The smallest absolute Gasteiger partial charge is 0.179 e. The van der Waals surface area contributed by atoms with Gasteiger partial charge >= 0.3 is 0 Å². The van der Waals surface area contributed by atoms with Crippen LogP contribution in [0.5, 0.6) is 0 Å². The average molecular weight is 124 g/mol. The van der Waals surface area contributed by atoms with E-state index in [1.165, 1.54) is 12.8 Å². The minimum atomic E-state index is 0.814. The lowest BCUT2D eigenvalue weighted by molar-refractivity contribution is 0.161. The summed E-state index contributed by atoms with van der Waals surface area (Å²) >= 11 is 0. The molecule has 0 spiro atoms. The molecular weight excluding hydrogens is 112 g/mol. The molecule has 0 N–H and O–H groups in total. The third-order valence-electron chi connectivity index (χ3n) is 1.80. The molecule has 1 fully saturated rings. The van der Waals surface area contributed by atoms with E-state index in [1.54, 1.807) is 4.90 Å². The first-order valence-corrected chi connectivity index (χ1v) is 3.51. The van der Waals surface area contributed by atoms with Crippen LogP contribution in [0.15, 0.2) is 0 Å². The van der Waals surface area contributed by atoms with Crippen LogP contribution in [-0.4, -0.2) is 18.0 Å². The summed E-state index contributed by atoms with van der Waals surface area (Å²) in [5, 5.41) is 8.35. The van der Waals surface area contributed by atoms with Gasteiger partial charge in [-0.25, -0.2) is 0 Å². The van der Waals surface area contributed by atoms with E-state index in [-0.39, 0.29) is 0 Å². The summed E-state index contributed by atoms with van der Waals surface area (Å²) < 4.78 is 0. The van der Waals surface area contributed by atoms with Crippen LogP contribution in [0.25, 0.3) is 0 Å². The van der Waals surface area contributed by atoms with Crippen LogP contribution < -0.4 is 0 Å². The van der Waals surface area contributed by atoms with Crippen LogP contribution in [0.4, 0.5) is 0 Å². The Hall–Kier alpha value is -0.710. The molecule has 0 aromatic rings. The van der Waals surface area contributed by atoms with Gasteiger partial charge in [-0.1, -0.05) is 13.3 Å². The largest absolute Gasteiger partial charge is 0.310 e. The Morgan fingerprint density at radius 3 is 2.78 bits per heavy atom. The number of rotatable bonds is 2. The molecule has 1 aliphatic heterocycles. The first-order chi connectivity index (χ1) is 4.36. The maximum absolute atomic E-state index is 8.35. The van der Waals surface area contributed by atoms with E-state index in [1.807, 2.05) is 0 Å². The van der Waals surface area contributed by atoms with Crippen molar-refractivity contribution in [2.24, 2.45) is 5.92 Å². The zero-order valence-corrected chi connectivity index (χ0v) is 5.80. The number of nitrogens with zero attached hydrogens (tertiary/aromatic N) is 2. The highest BCUT2D eigenvalue weighted by Crippen LogP contribution is 2.18. The molecule has 9 heavy (non-hydrogen) atoms. The Morgan fingerprint density at radius 2 is 2.33 bits per heavy atom. The first kappa shape index (κ1) is 6.41. The zero-order valence-electron chi connectivity index (χ0n) is 5.80. The van der Waals surface area contributed by atoms with E-state index in [0.29, 0.717) is 0 Å². The molecule has 0 unspecified atom stereocenters. The minimum absolute atomic E-state index is 0.814. The molecule has 2 nitrogen and oxygen atoms in total. The molecular formula is C7H12N2. The molecule has 50 valence electrons. The molecule has 0 radical (unpaired) electrons. The van der Waals surface area contributed by atoms with Crippen LogP contribution in [0, 0.1) is 17.4 Å². The fraction of sp³-hybridized carbons (Fsp3) is 0.857. The summed E-state index contributed by atoms with van der Waals surface area (Å²) in [5.74, 6) is 0.814. The Labute approximate surface area is 56.1 Å². The van der Waals surface area contributed by atoms with Gasteiger partial charge < -0.3 is 4.90 Å². The van der Waals surface area contributed by atoms with E-state index in [2.05, 4.69) is 13.1 Å². The zero-order chi connectivity index (χ0) is 6.69. The maximum Gasteiger partial charge on any atom is 0.179 e. The molecule has 1 rings (SSSR count). The summed E-state index contributed by atoms with van der Waals surface area (Å²) in [6.07, 6.45) is 4.67. The van der Waals surface area contributed by atoms with Gasteiger partial charge in [-0.15, -0.1) is 0 Å². The van der Waals surface area contributed by atoms with Crippen molar-refractivity contribution in [1.82, 2.24) is 4.90 Å². The van der Waals surface area contributed by atoms with Crippen molar-refractivity contribution in [2.45, 2.75) is 19.8 Å². The van der Waals surface area contributed by atoms with E-state index in [4.69, 9.17) is 5.26 Å². The molecule has 0 amide bonds. The van der Waals surface area contributed by atoms with Crippen LogP contribution in [0.3, 0.4) is 0 Å².